The van der Waals surface area contributed by atoms with Crippen molar-refractivity contribution in [2.24, 2.45) is 5.73 Å². The van der Waals surface area contributed by atoms with Crippen molar-refractivity contribution in [1.82, 2.24) is 10.0 Å². The Labute approximate surface area is 127 Å². The molecule has 22 heavy (non-hydrogen) atoms. The van der Waals surface area contributed by atoms with Crippen LogP contribution in [0.25, 0.3) is 0 Å². The fourth-order valence-electron chi connectivity index (χ4n) is 2.36. The van der Waals surface area contributed by atoms with E-state index in [0.717, 1.165) is 11.1 Å². The molecule has 1 aromatic heterocycles. The minimum absolute atomic E-state index is 0.179. The van der Waals surface area contributed by atoms with Crippen LogP contribution < -0.4 is 10.5 Å². The van der Waals surface area contributed by atoms with Crippen LogP contribution in [0.2, 0.25) is 0 Å². The first-order valence-corrected chi connectivity index (χ1v) is 6.82. The maximum absolute atomic E-state index is 13.3. The Morgan fingerprint density at radius 3 is 2.91 bits per heavy atom. The molecule has 0 amide bonds. The van der Waals surface area contributed by atoms with Crippen LogP contribution >= 0.6 is 0 Å². The number of rotatable bonds is 4. The molecule has 1 atom stereocenters. The number of aromatic nitrogens is 1. The third kappa shape index (κ3) is 3.01. The molecule has 0 aliphatic carbocycles. The Hall–Kier alpha value is -2.60. The lowest BCUT2D eigenvalue weighted by Gasteiger charge is -2.22. The van der Waals surface area contributed by atoms with E-state index in [9.17, 15) is 4.39 Å². The topological polar surface area (TPSA) is 60.6 Å². The van der Waals surface area contributed by atoms with Gasteiger partial charge >= 0.3 is 0 Å². The number of halogens is 1. The molecule has 5 nitrogen and oxygen atoms in total. The molecule has 0 spiro atoms. The second-order valence-corrected chi connectivity index (χ2v) is 4.94. The Morgan fingerprint density at radius 2 is 2.23 bits per heavy atom. The van der Waals surface area contributed by atoms with Crippen LogP contribution in [0.5, 0.6) is 5.88 Å². The Bertz CT molecular complexity index is 688. The molecule has 3 rings (SSSR count). The summed E-state index contributed by atoms with van der Waals surface area (Å²) in [5.41, 5.74) is 7.49. The van der Waals surface area contributed by atoms with Crippen LogP contribution in [0, 0.1) is 5.82 Å². The number of pyridine rings is 1. The third-order valence-electron chi connectivity index (χ3n) is 3.39. The normalized spacial score (nSPS) is 17.9. The van der Waals surface area contributed by atoms with Crippen LogP contribution in [0.3, 0.4) is 0 Å². The zero-order valence-electron chi connectivity index (χ0n) is 12.1. The van der Waals surface area contributed by atoms with Crippen molar-refractivity contribution >= 4 is 0 Å². The van der Waals surface area contributed by atoms with Crippen LogP contribution in [-0.2, 0) is 11.4 Å². The van der Waals surface area contributed by atoms with Gasteiger partial charge in [-0.25, -0.2) is 9.37 Å². The highest BCUT2D eigenvalue weighted by Gasteiger charge is 2.27. The number of nitrogens with zero attached hydrogens (tertiary/aromatic N) is 2. The average Bonchev–Trinajstić information content (AvgIpc) is 2.88. The summed E-state index contributed by atoms with van der Waals surface area (Å²) >= 11 is 0. The summed E-state index contributed by atoms with van der Waals surface area (Å²) in [5, 5.41) is 1.69. The lowest BCUT2D eigenvalue weighted by atomic mass is 10.1. The fraction of sp³-hybridized carbons (Fsp3) is 0.188. The van der Waals surface area contributed by atoms with Gasteiger partial charge in [0.2, 0.25) is 11.8 Å². The first kappa shape index (κ1) is 14.3. The molecule has 1 aliphatic heterocycles. The first-order chi connectivity index (χ1) is 10.7. The van der Waals surface area contributed by atoms with E-state index in [1.807, 2.05) is 12.1 Å². The van der Waals surface area contributed by atoms with Crippen LogP contribution in [0.15, 0.2) is 54.6 Å². The molecule has 0 fully saturated rings. The van der Waals surface area contributed by atoms with Crippen molar-refractivity contribution < 1.29 is 14.0 Å². The Balaban J connectivity index is 1.81. The Morgan fingerprint density at radius 1 is 1.36 bits per heavy atom. The van der Waals surface area contributed by atoms with Crippen LogP contribution in [-0.4, -0.2) is 17.2 Å². The van der Waals surface area contributed by atoms with E-state index in [0.29, 0.717) is 18.3 Å². The van der Waals surface area contributed by atoms with Gasteiger partial charge in [-0.2, -0.15) is 0 Å². The number of hydrogen-bond acceptors (Lipinski definition) is 5. The highest BCUT2D eigenvalue weighted by molar-refractivity contribution is 5.26. The number of ether oxygens (including phenoxy) is 1. The fourth-order valence-corrected chi connectivity index (χ4v) is 2.36. The number of nitrogens with two attached hydrogens (primary N) is 1. The van der Waals surface area contributed by atoms with Gasteiger partial charge in [0.1, 0.15) is 5.82 Å². The van der Waals surface area contributed by atoms with Crippen molar-refractivity contribution in [2.75, 3.05) is 7.11 Å². The van der Waals surface area contributed by atoms with E-state index in [4.69, 9.17) is 15.3 Å². The lowest BCUT2D eigenvalue weighted by Crippen LogP contribution is -2.23. The van der Waals surface area contributed by atoms with E-state index in [-0.39, 0.29) is 11.9 Å². The third-order valence-corrected chi connectivity index (χ3v) is 3.39. The minimum Gasteiger partial charge on any atom is -0.481 e. The molecule has 6 heteroatoms. The summed E-state index contributed by atoms with van der Waals surface area (Å²) in [4.78, 5) is 9.71. The monoisotopic (exact) mass is 301 g/mol. The van der Waals surface area contributed by atoms with E-state index in [1.54, 1.807) is 36.6 Å². The number of methoxy groups -OCH3 is 1. The molecular formula is C16H16FN3O2. The zero-order valence-corrected chi connectivity index (χ0v) is 12.1. The molecule has 114 valence electrons. The Kier molecular flexibility index (Phi) is 3.93. The largest absolute Gasteiger partial charge is 0.481 e. The minimum atomic E-state index is -0.278. The van der Waals surface area contributed by atoms with Gasteiger partial charge in [-0.05, 0) is 23.3 Å². The van der Waals surface area contributed by atoms with Gasteiger partial charge < -0.3 is 15.3 Å². The average molecular weight is 301 g/mol. The molecule has 0 bridgehead atoms. The van der Waals surface area contributed by atoms with Gasteiger partial charge in [0.15, 0.2) is 0 Å². The van der Waals surface area contributed by atoms with Crippen molar-refractivity contribution in [3.8, 4) is 5.88 Å². The number of hydroxylamine groups is 2. The maximum Gasteiger partial charge on any atom is 0.212 e. The highest BCUT2D eigenvalue weighted by Crippen LogP contribution is 2.31. The molecule has 2 N–H and O–H groups in total. The van der Waals surface area contributed by atoms with Gasteiger partial charge in [0.25, 0.3) is 0 Å². The van der Waals surface area contributed by atoms with Crippen LogP contribution in [0.1, 0.15) is 17.2 Å². The van der Waals surface area contributed by atoms with E-state index >= 15 is 0 Å². The van der Waals surface area contributed by atoms with Crippen LogP contribution in [0.4, 0.5) is 4.39 Å². The number of hydrogen-bond donors (Lipinski definition) is 1. The van der Waals surface area contributed by atoms with Crippen molar-refractivity contribution in [3.05, 3.63) is 71.5 Å². The molecule has 1 aliphatic rings. The number of benzene rings is 1. The van der Waals surface area contributed by atoms with Crippen molar-refractivity contribution in [1.29, 1.82) is 0 Å². The summed E-state index contributed by atoms with van der Waals surface area (Å²) < 4.78 is 18.4. The van der Waals surface area contributed by atoms with Gasteiger partial charge in [-0.1, -0.05) is 18.2 Å². The molecule has 0 saturated carbocycles. The molecule has 0 radical (unpaired) electrons. The highest BCUT2D eigenvalue weighted by atomic mass is 19.1. The smallest absolute Gasteiger partial charge is 0.212 e. The molecule has 0 saturated heterocycles. The first-order valence-electron chi connectivity index (χ1n) is 6.82. The predicted octanol–water partition coefficient (Wildman–Crippen LogP) is 2.52. The predicted molar refractivity (Wildman–Crippen MR) is 78.8 cm³/mol. The molecule has 1 unspecified atom stereocenters. The summed E-state index contributed by atoms with van der Waals surface area (Å²) in [6.07, 6.45) is 3.50. The molecular weight excluding hydrogens is 285 g/mol. The van der Waals surface area contributed by atoms with E-state index < -0.39 is 0 Å². The zero-order chi connectivity index (χ0) is 15.5. The van der Waals surface area contributed by atoms with Gasteiger partial charge in [-0.3, -0.25) is 0 Å². The quantitative estimate of drug-likeness (QED) is 0.940. The summed E-state index contributed by atoms with van der Waals surface area (Å²) in [6.45, 7) is 0.408. The molecule has 2 heterocycles. The van der Waals surface area contributed by atoms with Gasteiger partial charge in [0, 0.05) is 18.3 Å². The second kappa shape index (κ2) is 6.03. The second-order valence-electron chi connectivity index (χ2n) is 4.94. The molecule has 1 aromatic carbocycles. The lowest BCUT2D eigenvalue weighted by molar-refractivity contribution is -0.128. The summed E-state index contributed by atoms with van der Waals surface area (Å²) in [7, 11) is 1.56. The standard InChI is InChI=1S/C16H16FN3O2/c1-21-16-6-5-12(9-19-16)14-8-15(18)22-20(14)10-11-3-2-4-13(17)7-11/h2-9,14H,10,18H2,1H3. The van der Waals surface area contributed by atoms with E-state index in [1.165, 1.54) is 12.1 Å². The SMILES string of the molecule is COc1ccc(C2C=C(N)ON2Cc2cccc(F)c2)cn1. The van der Waals surface area contributed by atoms with Gasteiger partial charge in [-0.15, -0.1) is 5.06 Å². The maximum atomic E-state index is 13.3. The van der Waals surface area contributed by atoms with Crippen molar-refractivity contribution in [2.45, 2.75) is 12.6 Å². The van der Waals surface area contributed by atoms with Gasteiger partial charge in [0.05, 0.1) is 19.7 Å². The van der Waals surface area contributed by atoms with Crippen molar-refractivity contribution in [3.63, 3.8) is 0 Å². The molecule has 2 aromatic rings. The van der Waals surface area contributed by atoms with E-state index in [2.05, 4.69) is 4.98 Å². The summed E-state index contributed by atoms with van der Waals surface area (Å²) in [5.74, 6) is 0.578. The summed E-state index contributed by atoms with van der Waals surface area (Å²) in [6, 6.07) is 9.88.